The van der Waals surface area contributed by atoms with Gasteiger partial charge in [0.05, 0.1) is 12.2 Å². The minimum atomic E-state index is -0.971. The minimum absolute atomic E-state index is 0.105. The summed E-state index contributed by atoms with van der Waals surface area (Å²) < 4.78 is 5.52. The number of aromatic carboxylic acids is 1. The van der Waals surface area contributed by atoms with Crippen LogP contribution in [-0.4, -0.2) is 23.6 Å². The fraction of sp³-hybridized carbons (Fsp3) is 0.300. The molecule has 0 atom stereocenters. The highest BCUT2D eigenvalue weighted by Gasteiger charge is 2.10. The lowest BCUT2D eigenvalue weighted by Gasteiger charge is -2.08. The molecule has 25 heavy (non-hydrogen) atoms. The fourth-order valence-corrected chi connectivity index (χ4v) is 2.41. The lowest BCUT2D eigenvalue weighted by molar-refractivity contribution is -0.121. The highest BCUT2D eigenvalue weighted by atomic mass is 16.5. The summed E-state index contributed by atoms with van der Waals surface area (Å²) in [5.74, 6) is -0.255. The smallest absolute Gasteiger partial charge is 0.335 e. The van der Waals surface area contributed by atoms with E-state index in [1.807, 2.05) is 24.3 Å². The van der Waals surface area contributed by atoms with E-state index < -0.39 is 5.97 Å². The number of benzene rings is 2. The van der Waals surface area contributed by atoms with Crippen LogP contribution >= 0.6 is 0 Å². The molecule has 2 N–H and O–H groups in total. The van der Waals surface area contributed by atoms with Crippen LogP contribution in [-0.2, 0) is 17.8 Å². The van der Waals surface area contributed by atoms with E-state index in [2.05, 4.69) is 12.2 Å². The van der Waals surface area contributed by atoms with Crippen molar-refractivity contribution in [1.29, 1.82) is 0 Å². The van der Waals surface area contributed by atoms with Crippen LogP contribution < -0.4 is 10.1 Å². The van der Waals surface area contributed by atoms with E-state index in [-0.39, 0.29) is 17.9 Å². The Balaban J connectivity index is 1.80. The van der Waals surface area contributed by atoms with Crippen LogP contribution in [0.25, 0.3) is 0 Å². The molecular weight excluding hydrogens is 318 g/mol. The lowest BCUT2D eigenvalue weighted by Crippen LogP contribution is -2.23. The van der Waals surface area contributed by atoms with Gasteiger partial charge < -0.3 is 15.2 Å². The Morgan fingerprint density at radius 3 is 2.48 bits per heavy atom. The number of carboxylic acid groups (broad SMARTS) is 1. The zero-order chi connectivity index (χ0) is 18.1. The maximum Gasteiger partial charge on any atom is 0.335 e. The molecule has 0 aliphatic heterocycles. The molecule has 132 valence electrons. The average molecular weight is 341 g/mol. The minimum Gasteiger partial charge on any atom is -0.494 e. The molecule has 0 radical (unpaired) electrons. The van der Waals surface area contributed by atoms with Crippen LogP contribution in [0.4, 0.5) is 0 Å². The number of carboxylic acids is 1. The number of aryl methyl sites for hydroxylation is 1. The zero-order valence-corrected chi connectivity index (χ0v) is 14.3. The maximum absolute atomic E-state index is 12.0. The summed E-state index contributed by atoms with van der Waals surface area (Å²) in [7, 11) is 0. The zero-order valence-electron chi connectivity index (χ0n) is 14.3. The lowest BCUT2D eigenvalue weighted by atomic mass is 10.0. The number of hydrogen-bond acceptors (Lipinski definition) is 3. The van der Waals surface area contributed by atoms with E-state index in [1.165, 1.54) is 0 Å². The first-order valence-corrected chi connectivity index (χ1v) is 8.39. The molecule has 0 bridgehead atoms. The molecule has 0 spiro atoms. The van der Waals surface area contributed by atoms with Crippen molar-refractivity contribution in [2.45, 2.75) is 32.7 Å². The van der Waals surface area contributed by atoms with Crippen LogP contribution in [0.15, 0.2) is 48.5 Å². The predicted molar refractivity (Wildman–Crippen MR) is 95.8 cm³/mol. The van der Waals surface area contributed by atoms with E-state index in [0.29, 0.717) is 25.1 Å². The molecular formula is C20H23NO4. The van der Waals surface area contributed by atoms with Gasteiger partial charge >= 0.3 is 5.97 Å². The van der Waals surface area contributed by atoms with Gasteiger partial charge in [-0.1, -0.05) is 37.3 Å². The second-order valence-electron chi connectivity index (χ2n) is 5.73. The number of amides is 1. The number of nitrogens with one attached hydrogen (secondary N) is 1. The van der Waals surface area contributed by atoms with E-state index in [0.717, 1.165) is 17.7 Å². The third kappa shape index (κ3) is 5.95. The van der Waals surface area contributed by atoms with Gasteiger partial charge in [-0.3, -0.25) is 4.79 Å². The molecule has 5 nitrogen and oxygen atoms in total. The second-order valence-corrected chi connectivity index (χ2v) is 5.73. The molecule has 0 aliphatic carbocycles. The van der Waals surface area contributed by atoms with Crippen LogP contribution in [0.1, 0.15) is 41.3 Å². The molecule has 0 aromatic heterocycles. The highest BCUT2D eigenvalue weighted by Crippen LogP contribution is 2.13. The molecule has 2 rings (SSSR count). The largest absolute Gasteiger partial charge is 0.494 e. The van der Waals surface area contributed by atoms with E-state index in [4.69, 9.17) is 9.84 Å². The molecule has 0 saturated carbocycles. The van der Waals surface area contributed by atoms with Gasteiger partial charge in [0, 0.05) is 13.0 Å². The van der Waals surface area contributed by atoms with Gasteiger partial charge in [-0.2, -0.15) is 0 Å². The van der Waals surface area contributed by atoms with Gasteiger partial charge in [0.1, 0.15) is 5.75 Å². The average Bonchev–Trinajstić information content (AvgIpc) is 2.64. The molecule has 1 amide bonds. The van der Waals surface area contributed by atoms with Crippen molar-refractivity contribution in [2.24, 2.45) is 0 Å². The van der Waals surface area contributed by atoms with Crippen molar-refractivity contribution in [1.82, 2.24) is 5.32 Å². The summed E-state index contributed by atoms with van der Waals surface area (Å²) in [4.78, 5) is 23.2. The first-order chi connectivity index (χ1) is 12.1. The summed E-state index contributed by atoms with van der Waals surface area (Å²) in [6.45, 7) is 3.18. The molecule has 2 aromatic carbocycles. The van der Waals surface area contributed by atoms with Crippen molar-refractivity contribution < 1.29 is 19.4 Å². The molecule has 0 unspecified atom stereocenters. The Kier molecular flexibility index (Phi) is 7.01. The van der Waals surface area contributed by atoms with Crippen LogP contribution in [0, 0.1) is 0 Å². The van der Waals surface area contributed by atoms with Gasteiger partial charge in [-0.25, -0.2) is 4.79 Å². The van der Waals surface area contributed by atoms with Gasteiger partial charge in [-0.15, -0.1) is 0 Å². The Morgan fingerprint density at radius 2 is 1.80 bits per heavy atom. The van der Waals surface area contributed by atoms with Crippen LogP contribution in [0.2, 0.25) is 0 Å². The summed E-state index contributed by atoms with van der Waals surface area (Å²) in [6.07, 6.45) is 1.61. The number of carbonyl (C=O) groups excluding carboxylic acids is 1. The number of rotatable bonds is 9. The van der Waals surface area contributed by atoms with Crippen molar-refractivity contribution in [3.05, 3.63) is 65.2 Å². The monoisotopic (exact) mass is 341 g/mol. The van der Waals surface area contributed by atoms with Crippen molar-refractivity contribution >= 4 is 11.9 Å². The van der Waals surface area contributed by atoms with Gasteiger partial charge in [0.25, 0.3) is 0 Å². The predicted octanol–water partition coefficient (Wildman–Crippen LogP) is 3.42. The topological polar surface area (TPSA) is 75.6 Å². The normalized spacial score (nSPS) is 10.3. The fourth-order valence-electron chi connectivity index (χ4n) is 2.41. The van der Waals surface area contributed by atoms with E-state index in [9.17, 15) is 9.59 Å². The molecule has 0 aliphatic rings. The van der Waals surface area contributed by atoms with Crippen molar-refractivity contribution in [3.63, 3.8) is 0 Å². The van der Waals surface area contributed by atoms with Crippen LogP contribution in [0.5, 0.6) is 5.75 Å². The quantitative estimate of drug-likeness (QED) is 0.733. The maximum atomic E-state index is 12.0. The Hall–Kier alpha value is -2.82. The standard InChI is InChI=1S/C20H23NO4/c1-2-13-25-17-10-7-15(8-11-17)14-21-19(22)12-9-16-5-3-4-6-18(16)20(23)24/h3-8,10-11H,2,9,12-14H2,1H3,(H,21,22)(H,23,24). The SMILES string of the molecule is CCCOc1ccc(CNC(=O)CCc2ccccc2C(=O)O)cc1. The summed E-state index contributed by atoms with van der Waals surface area (Å²) in [6, 6.07) is 14.4. The highest BCUT2D eigenvalue weighted by molar-refractivity contribution is 5.89. The van der Waals surface area contributed by atoms with Gasteiger partial charge in [-0.05, 0) is 42.2 Å². The summed E-state index contributed by atoms with van der Waals surface area (Å²) >= 11 is 0. The van der Waals surface area contributed by atoms with Crippen molar-refractivity contribution in [2.75, 3.05) is 6.61 Å². The van der Waals surface area contributed by atoms with Crippen LogP contribution in [0.3, 0.4) is 0 Å². The first-order valence-electron chi connectivity index (χ1n) is 8.39. The molecule has 2 aromatic rings. The molecule has 0 saturated heterocycles. The number of carbonyl (C=O) groups is 2. The summed E-state index contributed by atoms with van der Waals surface area (Å²) in [5.41, 5.74) is 1.91. The van der Waals surface area contributed by atoms with Crippen molar-refractivity contribution in [3.8, 4) is 5.75 Å². The first kappa shape index (κ1) is 18.5. The third-order valence-electron chi connectivity index (χ3n) is 3.76. The van der Waals surface area contributed by atoms with Gasteiger partial charge in [0.2, 0.25) is 5.91 Å². The molecule has 0 heterocycles. The number of hydrogen-bond donors (Lipinski definition) is 2. The number of ether oxygens (including phenoxy) is 1. The summed E-state index contributed by atoms with van der Waals surface area (Å²) in [5, 5.41) is 12.0. The third-order valence-corrected chi connectivity index (χ3v) is 3.76. The Labute approximate surface area is 147 Å². The van der Waals surface area contributed by atoms with Gasteiger partial charge in [0.15, 0.2) is 0 Å². The molecule has 0 fully saturated rings. The second kappa shape index (κ2) is 9.47. The Bertz CT molecular complexity index is 710. The van der Waals surface area contributed by atoms with E-state index in [1.54, 1.807) is 24.3 Å². The molecule has 5 heteroatoms. The Morgan fingerprint density at radius 1 is 1.08 bits per heavy atom. The van der Waals surface area contributed by atoms with E-state index >= 15 is 0 Å².